The highest BCUT2D eigenvalue weighted by atomic mass is 16.5. The molecule has 0 N–H and O–H groups in total. The zero-order valence-corrected chi connectivity index (χ0v) is 23.5. The Kier molecular flexibility index (Phi) is 8.50. The van der Waals surface area contributed by atoms with Crippen molar-refractivity contribution in [2.45, 2.75) is 25.9 Å². The van der Waals surface area contributed by atoms with Crippen molar-refractivity contribution < 1.29 is 19.1 Å². The van der Waals surface area contributed by atoms with Crippen LogP contribution in [-0.2, 0) is 22.6 Å². The number of ether oxygens (including phenoxy) is 2. The summed E-state index contributed by atoms with van der Waals surface area (Å²) >= 11 is 0. The van der Waals surface area contributed by atoms with E-state index in [1.807, 2.05) is 44.0 Å². The van der Waals surface area contributed by atoms with E-state index in [9.17, 15) is 9.59 Å². The Morgan fingerprint density at radius 3 is 2.58 bits per heavy atom. The molecule has 9 heteroatoms. The van der Waals surface area contributed by atoms with Gasteiger partial charge in [-0.05, 0) is 35.1 Å². The van der Waals surface area contributed by atoms with Crippen LogP contribution in [0.3, 0.4) is 0 Å². The van der Waals surface area contributed by atoms with Crippen molar-refractivity contribution in [1.29, 1.82) is 0 Å². The molecule has 2 aromatic carbocycles. The molecule has 1 aliphatic rings. The lowest BCUT2D eigenvalue weighted by Gasteiger charge is -2.31. The van der Waals surface area contributed by atoms with Crippen LogP contribution in [0, 0.1) is 5.92 Å². The summed E-state index contributed by atoms with van der Waals surface area (Å²) in [4.78, 5) is 33.4. The molecule has 2 aromatic heterocycles. The third kappa shape index (κ3) is 5.89. The minimum atomic E-state index is -0.255. The molecule has 210 valence electrons. The van der Waals surface area contributed by atoms with E-state index < -0.39 is 0 Å². The molecule has 4 aromatic rings. The van der Waals surface area contributed by atoms with Crippen LogP contribution in [0.4, 0.5) is 4.79 Å². The highest BCUT2D eigenvalue weighted by Crippen LogP contribution is 2.33. The quantitative estimate of drug-likeness (QED) is 0.304. The average Bonchev–Trinajstić information content (AvgIpc) is 3.61. The molecule has 2 amide bonds. The number of methoxy groups -OCH3 is 2. The summed E-state index contributed by atoms with van der Waals surface area (Å²) in [5, 5.41) is 2.25. The number of benzene rings is 2. The lowest BCUT2D eigenvalue weighted by Crippen LogP contribution is -2.39. The Labute approximate surface area is 234 Å². The first-order valence-electron chi connectivity index (χ1n) is 13.7. The van der Waals surface area contributed by atoms with Crippen LogP contribution in [0.15, 0.2) is 67.4 Å². The van der Waals surface area contributed by atoms with Gasteiger partial charge in [-0.1, -0.05) is 42.5 Å². The van der Waals surface area contributed by atoms with Crippen molar-refractivity contribution in [3.63, 3.8) is 0 Å². The Hall–Kier alpha value is -4.11. The number of amides is 2. The summed E-state index contributed by atoms with van der Waals surface area (Å²) in [6, 6.07) is 14.5. The maximum atomic E-state index is 13.6. The van der Waals surface area contributed by atoms with Crippen molar-refractivity contribution >= 4 is 22.8 Å². The summed E-state index contributed by atoms with van der Waals surface area (Å²) in [5.74, 6) is 0.418. The highest BCUT2D eigenvalue weighted by molar-refractivity contribution is 6.05. The number of hydrogen-bond acceptors (Lipinski definition) is 5. The standard InChI is InChI=1S/C31H37N5O4/c1-33(15-16-39-2)30(37)29-21-34(20-28(29)27-10-6-8-24-7-4-5-9-26(24)27)19-25-17-32-22-36(25)18-23-11-13-35(14-12-23)31(38)40-3/h4-10,17,20-23H,11-16,18-19H2,1-3H3. The molecule has 0 atom stereocenters. The van der Waals surface area contributed by atoms with Gasteiger partial charge in [-0.2, -0.15) is 0 Å². The number of rotatable bonds is 9. The predicted octanol–water partition coefficient (Wildman–Crippen LogP) is 4.75. The fourth-order valence-corrected chi connectivity index (χ4v) is 5.52. The maximum Gasteiger partial charge on any atom is 0.409 e. The minimum Gasteiger partial charge on any atom is -0.453 e. The third-order valence-electron chi connectivity index (χ3n) is 7.81. The van der Waals surface area contributed by atoms with Crippen molar-refractivity contribution in [1.82, 2.24) is 23.9 Å². The summed E-state index contributed by atoms with van der Waals surface area (Å²) in [7, 11) is 4.88. The molecule has 0 aliphatic carbocycles. The van der Waals surface area contributed by atoms with Crippen molar-refractivity contribution in [2.24, 2.45) is 5.92 Å². The fourth-order valence-electron chi connectivity index (χ4n) is 5.52. The van der Waals surface area contributed by atoms with Crippen molar-refractivity contribution in [3.05, 3.63) is 78.6 Å². The highest BCUT2D eigenvalue weighted by Gasteiger charge is 2.25. The first kappa shape index (κ1) is 27.5. The van der Waals surface area contributed by atoms with Gasteiger partial charge < -0.3 is 28.4 Å². The van der Waals surface area contributed by atoms with Gasteiger partial charge in [0.1, 0.15) is 0 Å². The number of hydrogen-bond donors (Lipinski definition) is 0. The number of nitrogens with zero attached hydrogens (tertiary/aromatic N) is 5. The molecule has 9 nitrogen and oxygen atoms in total. The monoisotopic (exact) mass is 543 g/mol. The average molecular weight is 544 g/mol. The Morgan fingerprint density at radius 1 is 1.02 bits per heavy atom. The molecular weight excluding hydrogens is 506 g/mol. The van der Waals surface area contributed by atoms with Crippen LogP contribution in [0.25, 0.3) is 21.9 Å². The van der Waals surface area contributed by atoms with Crippen LogP contribution in [0.5, 0.6) is 0 Å². The molecular formula is C31H37N5O4. The molecule has 0 unspecified atom stereocenters. The zero-order valence-electron chi connectivity index (χ0n) is 23.5. The van der Waals surface area contributed by atoms with Gasteiger partial charge in [0.2, 0.25) is 0 Å². The molecule has 1 fully saturated rings. The zero-order chi connectivity index (χ0) is 28.1. The summed E-state index contributed by atoms with van der Waals surface area (Å²) in [5.41, 5.74) is 3.68. The van der Waals surface area contributed by atoms with Crippen molar-refractivity contribution in [3.8, 4) is 11.1 Å². The number of carbonyl (C=O) groups is 2. The smallest absolute Gasteiger partial charge is 0.409 e. The first-order valence-corrected chi connectivity index (χ1v) is 13.7. The molecule has 3 heterocycles. The molecule has 1 aliphatic heterocycles. The number of carbonyl (C=O) groups excluding carboxylic acids is 2. The summed E-state index contributed by atoms with van der Waals surface area (Å²) in [6.45, 7) is 3.83. The van der Waals surface area contributed by atoms with Crippen LogP contribution >= 0.6 is 0 Å². The second kappa shape index (κ2) is 12.4. The SMILES string of the molecule is COCCN(C)C(=O)c1cn(Cc2cncn2CC2CCN(C(=O)OC)CC2)cc1-c1cccc2ccccc12. The van der Waals surface area contributed by atoms with Crippen LogP contribution in [-0.4, -0.2) is 83.4 Å². The first-order chi connectivity index (χ1) is 19.5. The van der Waals surface area contributed by atoms with E-state index in [-0.39, 0.29) is 12.0 Å². The maximum absolute atomic E-state index is 13.6. The number of likely N-dealkylation sites (tertiary alicyclic amines) is 1. The Balaban J connectivity index is 1.41. The summed E-state index contributed by atoms with van der Waals surface area (Å²) in [6.07, 6.45) is 9.40. The van der Waals surface area contributed by atoms with Gasteiger partial charge in [0.05, 0.1) is 37.8 Å². The van der Waals surface area contributed by atoms with E-state index in [0.717, 1.165) is 47.0 Å². The number of piperidine rings is 1. The lowest BCUT2D eigenvalue weighted by molar-refractivity contribution is 0.0745. The molecule has 0 spiro atoms. The predicted molar refractivity (Wildman–Crippen MR) is 154 cm³/mol. The fraction of sp³-hybridized carbons (Fsp3) is 0.387. The topological polar surface area (TPSA) is 81.8 Å². The Morgan fingerprint density at radius 2 is 1.80 bits per heavy atom. The van der Waals surface area contributed by atoms with E-state index in [2.05, 4.69) is 44.6 Å². The van der Waals surface area contributed by atoms with E-state index in [4.69, 9.17) is 9.47 Å². The largest absolute Gasteiger partial charge is 0.453 e. The molecule has 5 rings (SSSR count). The molecule has 0 radical (unpaired) electrons. The van der Waals surface area contributed by atoms with E-state index >= 15 is 0 Å². The molecule has 0 bridgehead atoms. The second-order valence-electron chi connectivity index (χ2n) is 10.4. The van der Waals surface area contributed by atoms with Gasteiger partial charge in [-0.25, -0.2) is 9.78 Å². The number of fused-ring (bicyclic) bond motifs is 1. The number of likely N-dealkylation sites (N-methyl/N-ethyl adjacent to an activating group) is 1. The molecule has 40 heavy (non-hydrogen) atoms. The van der Waals surface area contributed by atoms with Gasteiger partial charge in [0.25, 0.3) is 5.91 Å². The number of imidazole rings is 1. The Bertz CT molecular complexity index is 1460. The van der Waals surface area contributed by atoms with Gasteiger partial charge in [0.15, 0.2) is 0 Å². The third-order valence-corrected chi connectivity index (χ3v) is 7.81. The van der Waals surface area contributed by atoms with Crippen molar-refractivity contribution in [2.75, 3.05) is 47.5 Å². The van der Waals surface area contributed by atoms with Gasteiger partial charge in [-0.15, -0.1) is 0 Å². The van der Waals surface area contributed by atoms with E-state index in [0.29, 0.717) is 44.3 Å². The van der Waals surface area contributed by atoms with E-state index in [1.54, 1.807) is 16.9 Å². The second-order valence-corrected chi connectivity index (χ2v) is 10.4. The summed E-state index contributed by atoms with van der Waals surface area (Å²) < 4.78 is 14.4. The number of aromatic nitrogens is 3. The normalized spacial score (nSPS) is 14.0. The van der Waals surface area contributed by atoms with Gasteiger partial charge >= 0.3 is 6.09 Å². The lowest BCUT2D eigenvalue weighted by atomic mass is 9.97. The van der Waals surface area contributed by atoms with E-state index in [1.165, 1.54) is 7.11 Å². The van der Waals surface area contributed by atoms with Crippen LogP contribution < -0.4 is 0 Å². The van der Waals surface area contributed by atoms with Crippen LogP contribution in [0.2, 0.25) is 0 Å². The molecule has 0 saturated carbocycles. The molecule has 1 saturated heterocycles. The van der Waals surface area contributed by atoms with Gasteiger partial charge in [0, 0.05) is 64.5 Å². The van der Waals surface area contributed by atoms with Crippen LogP contribution in [0.1, 0.15) is 28.9 Å². The van der Waals surface area contributed by atoms with Gasteiger partial charge in [-0.3, -0.25) is 4.79 Å². The minimum absolute atomic E-state index is 0.0374.